The molecule has 1 aliphatic rings. The SMILES string of the molecule is C.O=C(O)c1ccc(Nc2ncc3c(n2)-c2c(Cl)cccc2C(c2ccccc2F)=NC3)cc1. The average molecular weight is 475 g/mol. The average Bonchev–Trinajstić information content (AvgIpc) is 2.97. The van der Waals surface area contributed by atoms with Gasteiger partial charge in [0.25, 0.3) is 0 Å². The first-order valence-corrected chi connectivity index (χ1v) is 10.4. The van der Waals surface area contributed by atoms with E-state index in [1.165, 1.54) is 18.2 Å². The molecule has 34 heavy (non-hydrogen) atoms. The monoisotopic (exact) mass is 474 g/mol. The van der Waals surface area contributed by atoms with E-state index in [0.717, 1.165) is 5.56 Å². The molecule has 170 valence electrons. The van der Waals surface area contributed by atoms with Crippen LogP contribution in [-0.4, -0.2) is 26.8 Å². The summed E-state index contributed by atoms with van der Waals surface area (Å²) in [5.74, 6) is -1.05. The fraction of sp³-hybridized carbons (Fsp3) is 0.0769. The van der Waals surface area contributed by atoms with Gasteiger partial charge < -0.3 is 10.4 Å². The molecule has 0 radical (unpaired) electrons. The lowest BCUT2D eigenvalue weighted by atomic mass is 9.95. The van der Waals surface area contributed by atoms with E-state index in [0.29, 0.717) is 44.8 Å². The summed E-state index contributed by atoms with van der Waals surface area (Å²) >= 11 is 6.61. The van der Waals surface area contributed by atoms with E-state index in [1.807, 2.05) is 6.07 Å². The van der Waals surface area contributed by atoms with E-state index in [4.69, 9.17) is 16.7 Å². The fourth-order valence-corrected chi connectivity index (χ4v) is 3.98. The molecule has 0 saturated heterocycles. The number of carbonyl (C=O) groups is 1. The summed E-state index contributed by atoms with van der Waals surface area (Å²) in [4.78, 5) is 24.8. The van der Waals surface area contributed by atoms with Gasteiger partial charge in [-0.15, -0.1) is 0 Å². The summed E-state index contributed by atoms with van der Waals surface area (Å²) in [5.41, 5.74) is 4.40. The summed E-state index contributed by atoms with van der Waals surface area (Å²) in [6, 6.07) is 18.2. The van der Waals surface area contributed by atoms with E-state index in [2.05, 4.69) is 20.3 Å². The van der Waals surface area contributed by atoms with Gasteiger partial charge in [-0.05, 0) is 42.5 Å². The number of anilines is 2. The molecule has 2 heterocycles. The first kappa shape index (κ1) is 23.1. The number of hydrogen-bond donors (Lipinski definition) is 2. The van der Waals surface area contributed by atoms with Crippen molar-refractivity contribution in [3.8, 4) is 11.3 Å². The van der Waals surface area contributed by atoms with Gasteiger partial charge in [-0.25, -0.2) is 19.2 Å². The highest BCUT2D eigenvalue weighted by Gasteiger charge is 2.24. The van der Waals surface area contributed by atoms with Gasteiger partial charge in [-0.3, -0.25) is 4.99 Å². The number of rotatable bonds is 4. The zero-order valence-corrected chi connectivity index (χ0v) is 17.8. The van der Waals surface area contributed by atoms with Crippen LogP contribution in [0.1, 0.15) is 34.5 Å². The molecular formula is C26H20ClFN4O2. The molecule has 0 aliphatic carbocycles. The van der Waals surface area contributed by atoms with Crippen LogP contribution < -0.4 is 5.32 Å². The predicted octanol–water partition coefficient (Wildman–Crippen LogP) is 6.37. The van der Waals surface area contributed by atoms with Crippen LogP contribution in [0.4, 0.5) is 16.0 Å². The number of aromatic nitrogens is 2. The third-order valence-electron chi connectivity index (χ3n) is 5.29. The first-order chi connectivity index (χ1) is 16.0. The van der Waals surface area contributed by atoms with Crippen molar-refractivity contribution in [2.24, 2.45) is 4.99 Å². The van der Waals surface area contributed by atoms with Gasteiger partial charge in [0.2, 0.25) is 5.95 Å². The van der Waals surface area contributed by atoms with Gasteiger partial charge in [0.1, 0.15) is 5.82 Å². The number of nitrogens with one attached hydrogen (secondary N) is 1. The number of hydrogen-bond acceptors (Lipinski definition) is 5. The largest absolute Gasteiger partial charge is 0.478 e. The zero-order chi connectivity index (χ0) is 22.9. The second-order valence-electron chi connectivity index (χ2n) is 7.38. The minimum Gasteiger partial charge on any atom is -0.478 e. The highest BCUT2D eigenvalue weighted by molar-refractivity contribution is 6.35. The number of halogens is 2. The lowest BCUT2D eigenvalue weighted by Gasteiger charge is -2.14. The molecule has 6 nitrogen and oxygen atoms in total. The third-order valence-corrected chi connectivity index (χ3v) is 5.61. The van der Waals surface area contributed by atoms with E-state index in [9.17, 15) is 9.18 Å². The van der Waals surface area contributed by atoms with Crippen LogP contribution in [0.3, 0.4) is 0 Å². The Bertz CT molecular complexity index is 1420. The van der Waals surface area contributed by atoms with Crippen LogP contribution in [0.5, 0.6) is 0 Å². The molecule has 2 N–H and O–H groups in total. The van der Waals surface area contributed by atoms with Crippen LogP contribution in [0, 0.1) is 5.82 Å². The number of carboxylic acid groups (broad SMARTS) is 1. The summed E-state index contributed by atoms with van der Waals surface area (Å²) in [6.07, 6.45) is 1.66. The Kier molecular flexibility index (Phi) is 6.38. The number of aliphatic imine (C=N–C) groups is 1. The van der Waals surface area contributed by atoms with Crippen molar-refractivity contribution in [2.75, 3.05) is 5.32 Å². The molecule has 0 spiro atoms. The highest BCUT2D eigenvalue weighted by atomic mass is 35.5. The van der Waals surface area contributed by atoms with E-state index in [1.54, 1.807) is 48.7 Å². The van der Waals surface area contributed by atoms with Gasteiger partial charge in [0.05, 0.1) is 28.5 Å². The Hall–Kier alpha value is -4.10. The van der Waals surface area contributed by atoms with Crippen molar-refractivity contribution in [3.63, 3.8) is 0 Å². The van der Waals surface area contributed by atoms with E-state index in [-0.39, 0.29) is 25.4 Å². The van der Waals surface area contributed by atoms with Crippen LogP contribution in [0.15, 0.2) is 77.9 Å². The molecule has 0 bridgehead atoms. The van der Waals surface area contributed by atoms with E-state index >= 15 is 0 Å². The Balaban J connectivity index is 0.00000274. The maximum absolute atomic E-state index is 14.6. The van der Waals surface area contributed by atoms with Crippen molar-refractivity contribution < 1.29 is 14.3 Å². The molecule has 0 atom stereocenters. The van der Waals surface area contributed by atoms with Gasteiger partial charge in [-0.2, -0.15) is 0 Å². The maximum atomic E-state index is 14.6. The van der Waals surface area contributed by atoms with Crippen molar-refractivity contribution in [2.45, 2.75) is 14.0 Å². The van der Waals surface area contributed by atoms with Crippen LogP contribution >= 0.6 is 11.6 Å². The van der Waals surface area contributed by atoms with Gasteiger partial charge in [0.15, 0.2) is 0 Å². The zero-order valence-electron chi connectivity index (χ0n) is 17.1. The standard InChI is InChI=1S/C25H16ClFN4O2.CH4/c26-19-6-3-5-18-21(19)22-15(12-28-23(18)17-4-1-2-7-20(17)27)13-29-25(31-22)30-16-10-8-14(9-11-16)24(32)33;/h1-11,13H,12H2,(H,32,33)(H,29,30,31);1H4. The van der Waals surface area contributed by atoms with Crippen molar-refractivity contribution >= 4 is 34.9 Å². The third kappa shape index (κ3) is 4.25. The van der Waals surface area contributed by atoms with Gasteiger partial charge >= 0.3 is 5.97 Å². The second kappa shape index (κ2) is 9.41. The number of fused-ring (bicyclic) bond motifs is 3. The Morgan fingerprint density at radius 2 is 1.74 bits per heavy atom. The number of aromatic carboxylic acids is 1. The van der Waals surface area contributed by atoms with Gasteiger partial charge in [0, 0.05) is 34.1 Å². The van der Waals surface area contributed by atoms with Crippen molar-refractivity contribution in [1.82, 2.24) is 9.97 Å². The molecule has 0 unspecified atom stereocenters. The quantitative estimate of drug-likeness (QED) is 0.359. The number of carboxylic acids is 1. The van der Waals surface area contributed by atoms with Crippen LogP contribution in [-0.2, 0) is 6.54 Å². The molecule has 0 saturated carbocycles. The Morgan fingerprint density at radius 1 is 1.00 bits per heavy atom. The van der Waals surface area contributed by atoms with Crippen molar-refractivity contribution in [1.29, 1.82) is 0 Å². The minimum atomic E-state index is -1.00. The molecule has 8 heteroatoms. The molecular weight excluding hydrogens is 455 g/mol. The molecule has 4 aromatic rings. The summed E-state index contributed by atoms with van der Waals surface area (Å²) < 4.78 is 14.6. The molecule has 0 amide bonds. The lowest BCUT2D eigenvalue weighted by molar-refractivity contribution is 0.0697. The summed E-state index contributed by atoms with van der Waals surface area (Å²) in [6.45, 7) is 0.262. The maximum Gasteiger partial charge on any atom is 0.335 e. The summed E-state index contributed by atoms with van der Waals surface area (Å²) in [5, 5.41) is 12.6. The Morgan fingerprint density at radius 3 is 2.47 bits per heavy atom. The second-order valence-corrected chi connectivity index (χ2v) is 7.79. The Labute approximate surface area is 200 Å². The molecule has 0 fully saturated rings. The normalized spacial score (nSPS) is 11.9. The minimum absolute atomic E-state index is 0. The molecule has 5 rings (SSSR count). The lowest BCUT2D eigenvalue weighted by Crippen LogP contribution is -2.07. The van der Waals surface area contributed by atoms with Crippen molar-refractivity contribution in [3.05, 3.63) is 106 Å². The number of benzene rings is 3. The first-order valence-electron chi connectivity index (χ1n) is 10.1. The predicted molar refractivity (Wildman–Crippen MR) is 132 cm³/mol. The van der Waals surface area contributed by atoms with E-state index < -0.39 is 5.97 Å². The highest BCUT2D eigenvalue weighted by Crippen LogP contribution is 2.37. The summed E-state index contributed by atoms with van der Waals surface area (Å²) in [7, 11) is 0. The topological polar surface area (TPSA) is 87.5 Å². The van der Waals surface area contributed by atoms with Crippen LogP contribution in [0.2, 0.25) is 5.02 Å². The molecule has 1 aliphatic heterocycles. The number of nitrogens with zero attached hydrogens (tertiary/aromatic N) is 3. The smallest absolute Gasteiger partial charge is 0.335 e. The van der Waals surface area contributed by atoms with Gasteiger partial charge in [-0.1, -0.05) is 43.3 Å². The molecule has 3 aromatic carbocycles. The fourth-order valence-electron chi connectivity index (χ4n) is 3.72. The molecule has 1 aromatic heterocycles. The van der Waals surface area contributed by atoms with Crippen LogP contribution in [0.25, 0.3) is 11.3 Å².